The Balaban J connectivity index is 1.87. The number of nitrogens with one attached hydrogen (secondary N) is 1. The molecule has 0 aliphatic carbocycles. The fraction of sp³-hybridized carbons (Fsp3) is 0.688. The van der Waals surface area contributed by atoms with Gasteiger partial charge in [0.05, 0.1) is 5.69 Å². The first-order chi connectivity index (χ1) is 9.96. The fourth-order valence-corrected chi connectivity index (χ4v) is 3.59. The maximum absolute atomic E-state index is 4.89. The van der Waals surface area contributed by atoms with Gasteiger partial charge < -0.3 is 10.2 Å². The van der Waals surface area contributed by atoms with Crippen molar-refractivity contribution in [3.63, 3.8) is 0 Å². The molecule has 0 aromatic carbocycles. The van der Waals surface area contributed by atoms with E-state index in [1.165, 1.54) is 24.4 Å². The van der Waals surface area contributed by atoms with Crippen molar-refractivity contribution in [3.05, 3.63) is 17.3 Å². The first kappa shape index (κ1) is 14.9. The molecular formula is C16H26N4S. The van der Waals surface area contributed by atoms with Crippen molar-refractivity contribution in [1.82, 2.24) is 14.7 Å². The van der Waals surface area contributed by atoms with Crippen molar-refractivity contribution in [2.45, 2.75) is 53.1 Å². The molecule has 0 amide bonds. The summed E-state index contributed by atoms with van der Waals surface area (Å²) in [5, 5.41) is 5.66. The predicted octanol–water partition coefficient (Wildman–Crippen LogP) is 3.52. The van der Waals surface area contributed by atoms with Crippen LogP contribution in [0, 0.1) is 5.41 Å². The minimum absolute atomic E-state index is 0.476. The van der Waals surface area contributed by atoms with Crippen LogP contribution in [0.15, 0.2) is 11.6 Å². The zero-order valence-electron chi connectivity index (χ0n) is 13.5. The van der Waals surface area contributed by atoms with Crippen LogP contribution in [0.25, 0.3) is 4.96 Å². The fourth-order valence-electron chi connectivity index (χ4n) is 2.86. The first-order valence-electron chi connectivity index (χ1n) is 7.89. The topological polar surface area (TPSA) is 32.6 Å². The Morgan fingerprint density at radius 2 is 2.05 bits per heavy atom. The molecule has 0 atom stereocenters. The van der Waals surface area contributed by atoms with Gasteiger partial charge in [0.1, 0.15) is 0 Å². The molecule has 116 valence electrons. The first-order valence-corrected chi connectivity index (χ1v) is 8.77. The highest BCUT2D eigenvalue weighted by atomic mass is 32.1. The molecule has 0 bridgehead atoms. The second-order valence-corrected chi connectivity index (χ2v) is 8.00. The van der Waals surface area contributed by atoms with Crippen molar-refractivity contribution in [1.29, 1.82) is 0 Å². The van der Waals surface area contributed by atoms with Crippen molar-refractivity contribution < 1.29 is 0 Å². The molecule has 1 aliphatic rings. The summed E-state index contributed by atoms with van der Waals surface area (Å²) in [6.45, 7) is 12.2. The smallest absolute Gasteiger partial charge is 0.195 e. The Bertz CT molecular complexity index is 601. The van der Waals surface area contributed by atoms with Gasteiger partial charge in [-0.25, -0.2) is 4.98 Å². The van der Waals surface area contributed by atoms with Crippen molar-refractivity contribution in [2.75, 3.05) is 18.0 Å². The highest BCUT2D eigenvalue weighted by molar-refractivity contribution is 7.15. The van der Waals surface area contributed by atoms with Gasteiger partial charge in [-0.2, -0.15) is 0 Å². The zero-order valence-corrected chi connectivity index (χ0v) is 14.3. The van der Waals surface area contributed by atoms with Crippen molar-refractivity contribution >= 4 is 22.1 Å². The normalized spacial score (nSPS) is 18.8. The van der Waals surface area contributed by atoms with Crippen molar-refractivity contribution in [3.8, 4) is 0 Å². The van der Waals surface area contributed by atoms with E-state index in [1.807, 2.05) is 0 Å². The number of hydrogen-bond acceptors (Lipinski definition) is 4. The number of thiazole rings is 1. The number of nitrogens with zero attached hydrogens (tertiary/aromatic N) is 3. The highest BCUT2D eigenvalue weighted by Crippen LogP contribution is 2.34. The molecule has 3 heterocycles. The Morgan fingerprint density at radius 3 is 2.71 bits per heavy atom. The summed E-state index contributed by atoms with van der Waals surface area (Å²) in [4.78, 5) is 8.47. The van der Waals surface area contributed by atoms with Crippen LogP contribution in [0.1, 0.15) is 46.2 Å². The zero-order chi connectivity index (χ0) is 15.0. The summed E-state index contributed by atoms with van der Waals surface area (Å²) in [5.74, 6) is 1.19. The molecule has 0 radical (unpaired) electrons. The number of hydrogen-bond donors (Lipinski definition) is 1. The molecule has 1 fully saturated rings. The third-order valence-corrected chi connectivity index (χ3v) is 5.19. The summed E-state index contributed by atoms with van der Waals surface area (Å²) in [7, 11) is 0. The highest BCUT2D eigenvalue weighted by Gasteiger charge is 2.28. The van der Waals surface area contributed by atoms with E-state index >= 15 is 0 Å². The Hall–Kier alpha value is -1.07. The van der Waals surface area contributed by atoms with Gasteiger partial charge in [-0.3, -0.25) is 4.40 Å². The van der Waals surface area contributed by atoms with Gasteiger partial charge in [-0.05, 0) is 18.3 Å². The quantitative estimate of drug-likeness (QED) is 0.938. The number of imidazole rings is 1. The van der Waals surface area contributed by atoms with Crippen LogP contribution in [0.3, 0.4) is 0 Å². The molecule has 21 heavy (non-hydrogen) atoms. The average Bonchev–Trinajstić information content (AvgIpc) is 2.97. The van der Waals surface area contributed by atoms with Crippen LogP contribution >= 0.6 is 11.3 Å². The molecule has 0 spiro atoms. The van der Waals surface area contributed by atoms with Crippen LogP contribution < -0.4 is 10.2 Å². The Morgan fingerprint density at radius 1 is 1.33 bits per heavy atom. The molecular weight excluding hydrogens is 280 g/mol. The van der Waals surface area contributed by atoms with Gasteiger partial charge in [0.15, 0.2) is 10.8 Å². The molecule has 2 aromatic heterocycles. The van der Waals surface area contributed by atoms with Crippen molar-refractivity contribution in [2.24, 2.45) is 5.41 Å². The standard InChI is InChI=1S/C16H26N4S/c1-12(2)17-11-13-14(18-15-20(13)9-10-21-15)19-7-5-16(3,4)6-8-19/h9-10,12,17H,5-8,11H2,1-4H3. The summed E-state index contributed by atoms with van der Waals surface area (Å²) in [5.41, 5.74) is 1.78. The van der Waals surface area contributed by atoms with Gasteiger partial charge in [0.25, 0.3) is 0 Å². The van der Waals surface area contributed by atoms with Crippen LogP contribution in [-0.2, 0) is 6.54 Å². The van der Waals surface area contributed by atoms with Gasteiger partial charge in [-0.1, -0.05) is 27.7 Å². The summed E-state index contributed by atoms with van der Waals surface area (Å²) in [6.07, 6.45) is 4.63. The third kappa shape index (κ3) is 3.09. The third-order valence-electron chi connectivity index (χ3n) is 4.43. The minimum atomic E-state index is 0.476. The molecule has 1 saturated heterocycles. The lowest BCUT2D eigenvalue weighted by atomic mass is 9.83. The molecule has 5 heteroatoms. The SMILES string of the molecule is CC(C)NCc1c(N2CCC(C)(C)CC2)nc2sccn12. The lowest BCUT2D eigenvalue weighted by Crippen LogP contribution is -2.38. The lowest BCUT2D eigenvalue weighted by molar-refractivity contribution is 0.279. The Labute approximate surface area is 131 Å². The van der Waals surface area contributed by atoms with Crippen LogP contribution in [-0.4, -0.2) is 28.5 Å². The van der Waals surface area contributed by atoms with Crippen LogP contribution in [0.2, 0.25) is 0 Å². The molecule has 1 aliphatic heterocycles. The second kappa shape index (κ2) is 5.61. The molecule has 0 saturated carbocycles. The lowest BCUT2D eigenvalue weighted by Gasteiger charge is -2.37. The maximum Gasteiger partial charge on any atom is 0.195 e. The van der Waals surface area contributed by atoms with Gasteiger partial charge in [0.2, 0.25) is 0 Å². The molecule has 1 N–H and O–H groups in total. The number of anilines is 1. The Kier molecular flexibility index (Phi) is 3.97. The van der Waals surface area contributed by atoms with E-state index in [0.717, 1.165) is 24.6 Å². The van der Waals surface area contributed by atoms with Gasteiger partial charge in [-0.15, -0.1) is 11.3 Å². The monoisotopic (exact) mass is 306 g/mol. The largest absolute Gasteiger partial charge is 0.355 e. The van der Waals surface area contributed by atoms with E-state index in [1.54, 1.807) is 11.3 Å². The summed E-state index contributed by atoms with van der Waals surface area (Å²) < 4.78 is 2.25. The molecule has 3 rings (SSSR count). The van der Waals surface area contributed by atoms with E-state index in [0.29, 0.717) is 11.5 Å². The van der Waals surface area contributed by atoms with Gasteiger partial charge >= 0.3 is 0 Å². The average molecular weight is 306 g/mol. The number of piperidine rings is 1. The minimum Gasteiger partial charge on any atom is -0.355 e. The number of fused-ring (bicyclic) bond motifs is 1. The van der Waals surface area contributed by atoms with E-state index < -0.39 is 0 Å². The predicted molar refractivity (Wildman–Crippen MR) is 90.3 cm³/mol. The van der Waals surface area contributed by atoms with E-state index in [2.05, 4.69) is 53.9 Å². The summed E-state index contributed by atoms with van der Waals surface area (Å²) in [6, 6.07) is 0.488. The molecule has 2 aromatic rings. The second-order valence-electron chi connectivity index (χ2n) is 7.12. The van der Waals surface area contributed by atoms with E-state index in [4.69, 9.17) is 4.98 Å². The number of aromatic nitrogens is 2. The van der Waals surface area contributed by atoms with E-state index in [-0.39, 0.29) is 0 Å². The molecule has 0 unspecified atom stereocenters. The summed E-state index contributed by atoms with van der Waals surface area (Å²) >= 11 is 1.72. The van der Waals surface area contributed by atoms with Crippen LogP contribution in [0.4, 0.5) is 5.82 Å². The van der Waals surface area contributed by atoms with Gasteiger partial charge in [0, 0.05) is 37.3 Å². The van der Waals surface area contributed by atoms with Crippen LogP contribution in [0.5, 0.6) is 0 Å². The number of rotatable bonds is 4. The van der Waals surface area contributed by atoms with E-state index in [9.17, 15) is 0 Å². The maximum atomic E-state index is 4.89. The molecule has 4 nitrogen and oxygen atoms in total.